The number of carboxylic acids is 1. The first-order valence-electron chi connectivity index (χ1n) is 9.82. The third-order valence-electron chi connectivity index (χ3n) is 5.67. The fraction of sp³-hybridized carbons (Fsp3) is 0.304. The molecule has 0 amide bonds. The molecular formula is C23H22F3NO4. The third kappa shape index (κ3) is 4.02. The molecule has 0 saturated carbocycles. The number of halogens is 3. The van der Waals surface area contributed by atoms with E-state index >= 15 is 0 Å². The number of carbonyl (C=O) groups is 2. The van der Waals surface area contributed by atoms with Gasteiger partial charge in [-0.15, -0.1) is 0 Å². The number of phenolic OH excluding ortho intramolecular Hbond substituents is 1. The van der Waals surface area contributed by atoms with Crippen LogP contribution >= 0.6 is 0 Å². The number of hydrogen-bond donors (Lipinski definition) is 2. The summed E-state index contributed by atoms with van der Waals surface area (Å²) in [6, 6.07) is 4.65. The number of benzene rings is 2. The Balaban J connectivity index is 2.30. The molecule has 0 aliphatic rings. The Hall–Kier alpha value is -3.29. The van der Waals surface area contributed by atoms with Crippen LogP contribution in [0.3, 0.4) is 0 Å². The Bertz CT molecular complexity index is 1190. The molecule has 1 aromatic heterocycles. The van der Waals surface area contributed by atoms with Crippen molar-refractivity contribution in [3.05, 3.63) is 64.6 Å². The van der Waals surface area contributed by atoms with E-state index in [1.54, 1.807) is 0 Å². The summed E-state index contributed by atoms with van der Waals surface area (Å²) < 4.78 is 42.3. The molecule has 2 N–H and O–H groups in total. The van der Waals surface area contributed by atoms with Crippen LogP contribution in [-0.4, -0.2) is 26.7 Å². The number of nitrogens with zero attached hydrogens (tertiary/aromatic N) is 1. The van der Waals surface area contributed by atoms with Crippen molar-refractivity contribution in [1.82, 2.24) is 4.57 Å². The second-order valence-corrected chi connectivity index (χ2v) is 7.73. The molecule has 31 heavy (non-hydrogen) atoms. The van der Waals surface area contributed by atoms with Crippen LogP contribution in [0.25, 0.3) is 10.9 Å². The Morgan fingerprint density at radius 3 is 2.32 bits per heavy atom. The summed E-state index contributed by atoms with van der Waals surface area (Å²) in [4.78, 5) is 25.3. The van der Waals surface area contributed by atoms with E-state index in [4.69, 9.17) is 0 Å². The van der Waals surface area contributed by atoms with Crippen molar-refractivity contribution >= 4 is 22.8 Å². The van der Waals surface area contributed by atoms with Gasteiger partial charge in [-0.3, -0.25) is 14.2 Å². The fourth-order valence-corrected chi connectivity index (χ4v) is 3.82. The van der Waals surface area contributed by atoms with Crippen molar-refractivity contribution in [2.75, 3.05) is 0 Å². The quantitative estimate of drug-likeness (QED) is 0.548. The molecule has 0 aliphatic carbocycles. The molecule has 5 nitrogen and oxygen atoms in total. The summed E-state index contributed by atoms with van der Waals surface area (Å²) in [7, 11) is 0. The van der Waals surface area contributed by atoms with Crippen molar-refractivity contribution in [3.63, 3.8) is 0 Å². The highest BCUT2D eigenvalue weighted by atomic mass is 19.2. The maximum atomic E-state index is 14.2. The van der Waals surface area contributed by atoms with Crippen LogP contribution < -0.4 is 0 Å². The molecule has 2 atom stereocenters. The summed E-state index contributed by atoms with van der Waals surface area (Å²) >= 11 is 0. The van der Waals surface area contributed by atoms with Crippen molar-refractivity contribution in [2.45, 2.75) is 39.5 Å². The van der Waals surface area contributed by atoms with E-state index in [1.165, 1.54) is 6.92 Å². The number of fused-ring (bicyclic) bond motifs is 1. The first kappa shape index (κ1) is 22.4. The third-order valence-corrected chi connectivity index (χ3v) is 5.67. The number of rotatable bonds is 6. The molecule has 0 saturated heterocycles. The summed E-state index contributed by atoms with van der Waals surface area (Å²) in [5, 5.41) is 20.0. The molecule has 3 rings (SSSR count). The van der Waals surface area contributed by atoms with E-state index in [-0.39, 0.29) is 40.1 Å². The first-order valence-corrected chi connectivity index (χ1v) is 9.82. The number of aromatic nitrogens is 1. The zero-order valence-electron chi connectivity index (χ0n) is 17.2. The number of aromatic hydroxyl groups is 1. The van der Waals surface area contributed by atoms with Gasteiger partial charge in [0.05, 0.1) is 11.4 Å². The van der Waals surface area contributed by atoms with Gasteiger partial charge in [0.2, 0.25) is 0 Å². The van der Waals surface area contributed by atoms with Gasteiger partial charge in [-0.2, -0.15) is 0 Å². The highest BCUT2D eigenvalue weighted by molar-refractivity contribution is 6.05. The van der Waals surface area contributed by atoms with E-state index in [0.717, 1.165) is 41.3 Å². The molecule has 164 valence electrons. The maximum absolute atomic E-state index is 14.2. The Morgan fingerprint density at radius 1 is 1.06 bits per heavy atom. The van der Waals surface area contributed by atoms with Crippen LogP contribution in [0.1, 0.15) is 54.2 Å². The van der Waals surface area contributed by atoms with Crippen LogP contribution in [0.4, 0.5) is 13.2 Å². The molecular weight excluding hydrogens is 411 g/mol. The number of carboxylic acid groups (broad SMARTS) is 1. The first-order chi connectivity index (χ1) is 14.6. The minimum atomic E-state index is -1.22. The molecule has 1 heterocycles. The maximum Gasteiger partial charge on any atom is 0.311 e. The Labute approximate surface area is 176 Å². The Kier molecular flexibility index (Phi) is 6.10. The second-order valence-electron chi connectivity index (χ2n) is 7.73. The molecule has 0 bridgehead atoms. The van der Waals surface area contributed by atoms with Gasteiger partial charge in [-0.05, 0) is 49.1 Å². The number of hydrogen-bond acceptors (Lipinski definition) is 3. The normalized spacial score (nSPS) is 13.4. The van der Waals surface area contributed by atoms with E-state index in [9.17, 15) is 33.0 Å². The van der Waals surface area contributed by atoms with Crippen molar-refractivity contribution in [2.24, 2.45) is 5.92 Å². The molecule has 0 spiro atoms. The highest BCUT2D eigenvalue weighted by Gasteiger charge is 2.31. The zero-order chi connectivity index (χ0) is 23.0. The SMILES string of the molecule is CCC(C)CC(C(=O)O)c1c(C)n(C(=O)c2ccc(F)c(F)c2)c2cc(F)c(O)cc12. The summed E-state index contributed by atoms with van der Waals surface area (Å²) in [6.07, 6.45) is 0.998. The lowest BCUT2D eigenvalue weighted by atomic mass is 9.87. The molecule has 8 heteroatoms. The van der Waals surface area contributed by atoms with E-state index in [2.05, 4.69) is 0 Å². The smallest absolute Gasteiger partial charge is 0.311 e. The van der Waals surface area contributed by atoms with Gasteiger partial charge in [0.1, 0.15) is 0 Å². The summed E-state index contributed by atoms with van der Waals surface area (Å²) in [5.74, 6) is -6.87. The molecule has 0 aliphatic heterocycles. The molecule has 3 aromatic rings. The minimum absolute atomic E-state index is 0.0351. The van der Waals surface area contributed by atoms with Crippen molar-refractivity contribution in [3.8, 4) is 5.75 Å². The van der Waals surface area contributed by atoms with Crippen LogP contribution in [0.5, 0.6) is 5.75 Å². The molecule has 0 fully saturated rings. The molecule has 0 radical (unpaired) electrons. The number of carbonyl (C=O) groups excluding carboxylic acids is 1. The summed E-state index contributed by atoms with van der Waals surface area (Å²) in [5.41, 5.74) is 0.347. The molecule has 2 aromatic carbocycles. The zero-order valence-corrected chi connectivity index (χ0v) is 17.2. The predicted molar refractivity (Wildman–Crippen MR) is 109 cm³/mol. The monoisotopic (exact) mass is 433 g/mol. The van der Waals surface area contributed by atoms with Gasteiger partial charge in [0, 0.05) is 22.7 Å². The standard InChI is InChI=1S/C23H22F3NO4/c1-4-11(2)7-15(23(30)31)21-12(3)27(19-10-18(26)20(28)9-14(19)21)22(29)13-5-6-16(24)17(25)8-13/h5-6,8-11,15,28H,4,7H2,1-3H3,(H,30,31). The van der Waals surface area contributed by atoms with Gasteiger partial charge in [-0.25, -0.2) is 13.2 Å². The molecule has 2 unspecified atom stereocenters. The van der Waals surface area contributed by atoms with Crippen molar-refractivity contribution < 1.29 is 33.0 Å². The minimum Gasteiger partial charge on any atom is -0.505 e. The van der Waals surface area contributed by atoms with Gasteiger partial charge in [0.15, 0.2) is 23.2 Å². The lowest BCUT2D eigenvalue weighted by Crippen LogP contribution is -2.18. The number of phenols is 1. The lowest BCUT2D eigenvalue weighted by molar-refractivity contribution is -0.139. The van der Waals surface area contributed by atoms with Gasteiger partial charge in [0.25, 0.3) is 5.91 Å². The van der Waals surface area contributed by atoms with E-state index < -0.39 is 41.0 Å². The van der Waals surface area contributed by atoms with Gasteiger partial charge >= 0.3 is 5.97 Å². The fourth-order valence-electron chi connectivity index (χ4n) is 3.82. The number of aliphatic carboxylic acids is 1. The average Bonchev–Trinajstić information content (AvgIpc) is 2.98. The highest BCUT2D eigenvalue weighted by Crippen LogP contribution is 2.38. The van der Waals surface area contributed by atoms with E-state index in [1.807, 2.05) is 13.8 Å². The van der Waals surface area contributed by atoms with Crippen LogP contribution in [0, 0.1) is 30.3 Å². The van der Waals surface area contributed by atoms with Crippen LogP contribution in [-0.2, 0) is 4.79 Å². The van der Waals surface area contributed by atoms with Crippen molar-refractivity contribution in [1.29, 1.82) is 0 Å². The topological polar surface area (TPSA) is 79.5 Å². The second kappa shape index (κ2) is 8.45. The Morgan fingerprint density at radius 2 is 1.74 bits per heavy atom. The largest absolute Gasteiger partial charge is 0.505 e. The average molecular weight is 433 g/mol. The van der Waals surface area contributed by atoms with Gasteiger partial charge < -0.3 is 10.2 Å². The van der Waals surface area contributed by atoms with Crippen LogP contribution in [0.15, 0.2) is 30.3 Å². The summed E-state index contributed by atoms with van der Waals surface area (Å²) in [6.45, 7) is 5.33. The van der Waals surface area contributed by atoms with E-state index in [0.29, 0.717) is 0 Å². The lowest BCUT2D eigenvalue weighted by Gasteiger charge is -2.17. The predicted octanol–water partition coefficient (Wildman–Crippen LogP) is 5.37. The van der Waals surface area contributed by atoms with Crippen LogP contribution in [0.2, 0.25) is 0 Å². The van der Waals surface area contributed by atoms with Gasteiger partial charge in [-0.1, -0.05) is 20.3 Å².